The highest BCUT2D eigenvalue weighted by Gasteiger charge is 2.26. The summed E-state index contributed by atoms with van der Waals surface area (Å²) >= 11 is 0. The first-order valence-corrected chi connectivity index (χ1v) is 11.5. The molecular weight excluding hydrogens is 444 g/mol. The number of benzene rings is 2. The molecule has 2 aromatic heterocycles. The van der Waals surface area contributed by atoms with Crippen LogP contribution in [0.3, 0.4) is 0 Å². The Hall–Kier alpha value is -4.07. The number of fused-ring (bicyclic) bond motifs is 2. The van der Waals surface area contributed by atoms with Crippen LogP contribution in [0.4, 0.5) is 10.5 Å². The number of carbonyl (C=O) groups excluding carboxylic acids is 2. The maximum absolute atomic E-state index is 13.4. The highest BCUT2D eigenvalue weighted by molar-refractivity contribution is 5.99. The number of ether oxygens (including phenoxy) is 1. The molecule has 0 saturated heterocycles. The second-order valence-corrected chi connectivity index (χ2v) is 9.75. The number of anilines is 1. The van der Waals surface area contributed by atoms with E-state index in [4.69, 9.17) is 4.74 Å². The molecule has 0 saturated carbocycles. The molecule has 3 N–H and O–H groups in total. The minimum atomic E-state index is -0.886. The molecule has 0 aliphatic heterocycles. The lowest BCUT2D eigenvalue weighted by molar-refractivity contribution is -0.118. The number of hydrogen-bond donors (Lipinski definition) is 3. The number of alkyl carbamates (subject to hydrolysis) is 1. The van der Waals surface area contributed by atoms with Crippen molar-refractivity contribution in [1.82, 2.24) is 14.9 Å². The summed E-state index contributed by atoms with van der Waals surface area (Å²) < 4.78 is 7.40. The molecule has 0 aliphatic carbocycles. The minimum Gasteiger partial charge on any atom is -0.444 e. The molecule has 0 spiro atoms. The van der Waals surface area contributed by atoms with E-state index in [0.717, 1.165) is 27.4 Å². The summed E-state index contributed by atoms with van der Waals surface area (Å²) in [6.07, 6.45) is 1.57. The summed E-state index contributed by atoms with van der Waals surface area (Å²) in [5.41, 5.74) is 3.04. The summed E-state index contributed by atoms with van der Waals surface area (Å²) in [7, 11) is 1.94. The molecule has 1 atom stereocenters. The van der Waals surface area contributed by atoms with Crippen molar-refractivity contribution in [2.24, 2.45) is 7.05 Å². The Morgan fingerprint density at radius 2 is 1.83 bits per heavy atom. The number of nitrogens with one attached hydrogen (secondary N) is 3. The van der Waals surface area contributed by atoms with Crippen molar-refractivity contribution < 1.29 is 14.3 Å². The Kier molecular flexibility index (Phi) is 6.39. The molecule has 0 aliphatic rings. The highest BCUT2D eigenvalue weighted by Crippen LogP contribution is 2.23. The molecule has 4 aromatic rings. The molecule has 0 unspecified atom stereocenters. The first-order valence-electron chi connectivity index (χ1n) is 11.5. The fourth-order valence-corrected chi connectivity index (χ4v) is 4.21. The molecule has 2 heterocycles. The van der Waals surface area contributed by atoms with E-state index in [9.17, 15) is 14.4 Å². The van der Waals surface area contributed by atoms with Gasteiger partial charge in [-0.2, -0.15) is 0 Å². The Balaban J connectivity index is 1.63. The monoisotopic (exact) mass is 474 g/mol. The molecule has 2 amide bonds. The smallest absolute Gasteiger partial charge is 0.408 e. The second-order valence-electron chi connectivity index (χ2n) is 9.75. The van der Waals surface area contributed by atoms with Crippen molar-refractivity contribution in [3.8, 4) is 0 Å². The van der Waals surface area contributed by atoms with Crippen LogP contribution in [0.15, 0.2) is 59.5 Å². The summed E-state index contributed by atoms with van der Waals surface area (Å²) in [5, 5.41) is 7.51. The number of hydrogen-bond acceptors (Lipinski definition) is 4. The Morgan fingerprint density at radius 1 is 1.09 bits per heavy atom. The van der Waals surface area contributed by atoms with Crippen molar-refractivity contribution >= 4 is 39.5 Å². The molecule has 8 nitrogen and oxygen atoms in total. The van der Waals surface area contributed by atoms with Crippen LogP contribution in [0.25, 0.3) is 21.8 Å². The average molecular weight is 475 g/mol. The van der Waals surface area contributed by atoms with Crippen molar-refractivity contribution in [3.05, 3.63) is 76.2 Å². The van der Waals surface area contributed by atoms with Gasteiger partial charge in [0.15, 0.2) is 0 Å². The Morgan fingerprint density at radius 3 is 2.57 bits per heavy atom. The zero-order chi connectivity index (χ0) is 25.3. The number of carbonyl (C=O) groups is 2. The van der Waals surface area contributed by atoms with Crippen LogP contribution in [0.5, 0.6) is 0 Å². The van der Waals surface area contributed by atoms with Crippen molar-refractivity contribution in [3.63, 3.8) is 0 Å². The van der Waals surface area contributed by atoms with E-state index in [2.05, 4.69) is 15.6 Å². The highest BCUT2D eigenvalue weighted by atomic mass is 16.6. The largest absolute Gasteiger partial charge is 0.444 e. The minimum absolute atomic E-state index is 0.209. The predicted octanol–water partition coefficient (Wildman–Crippen LogP) is 4.40. The summed E-state index contributed by atoms with van der Waals surface area (Å²) in [6, 6.07) is 13.9. The van der Waals surface area contributed by atoms with E-state index in [1.165, 1.54) is 6.07 Å². The van der Waals surface area contributed by atoms with Gasteiger partial charge in [-0.1, -0.05) is 24.3 Å². The van der Waals surface area contributed by atoms with E-state index < -0.39 is 23.6 Å². The first kappa shape index (κ1) is 24.1. The van der Waals surface area contributed by atoms with E-state index >= 15 is 0 Å². The maximum atomic E-state index is 13.4. The number of amides is 2. The number of nitrogens with zero attached hydrogens (tertiary/aromatic N) is 1. The van der Waals surface area contributed by atoms with Crippen LogP contribution >= 0.6 is 0 Å². The standard InChI is InChI=1S/C27H30N4O4/c1-16-12-24(32)29-21-14-18(10-11-19(16)21)28-25(33)22(30-26(34)35-27(2,3)4)13-17-15-31(5)23-9-7-6-8-20(17)23/h6-12,14-15,22H,13H2,1-5H3,(H,28,33)(H,29,32)(H,30,34)/t22-/m1/s1. The van der Waals surface area contributed by atoms with Crippen molar-refractivity contribution in [2.75, 3.05) is 5.32 Å². The number of rotatable bonds is 5. The summed E-state index contributed by atoms with van der Waals surface area (Å²) in [4.78, 5) is 40.6. The van der Waals surface area contributed by atoms with E-state index in [0.29, 0.717) is 11.2 Å². The van der Waals surface area contributed by atoms with Crippen LogP contribution in [-0.2, 0) is 23.0 Å². The van der Waals surface area contributed by atoms with Crippen LogP contribution in [0, 0.1) is 6.92 Å². The lowest BCUT2D eigenvalue weighted by atomic mass is 10.0. The lowest BCUT2D eigenvalue weighted by Crippen LogP contribution is -2.47. The van der Waals surface area contributed by atoms with E-state index in [1.807, 2.05) is 55.1 Å². The van der Waals surface area contributed by atoms with Gasteiger partial charge in [0.25, 0.3) is 0 Å². The van der Waals surface area contributed by atoms with Crippen molar-refractivity contribution in [1.29, 1.82) is 0 Å². The van der Waals surface area contributed by atoms with Crippen LogP contribution in [-0.4, -0.2) is 33.2 Å². The van der Waals surface area contributed by atoms with Gasteiger partial charge in [-0.3, -0.25) is 9.59 Å². The first-order chi connectivity index (χ1) is 16.5. The SMILES string of the molecule is Cc1cc(=O)[nH]c2cc(NC(=O)[C@@H](Cc3cn(C)c4ccccc34)NC(=O)OC(C)(C)C)ccc12. The zero-order valence-corrected chi connectivity index (χ0v) is 20.6. The number of aromatic amines is 1. The van der Waals surface area contributed by atoms with Gasteiger partial charge < -0.3 is 24.9 Å². The van der Waals surface area contributed by atoms with Gasteiger partial charge in [0, 0.05) is 47.7 Å². The second kappa shape index (κ2) is 9.29. The normalized spacial score (nSPS) is 12.5. The molecule has 0 radical (unpaired) electrons. The van der Waals surface area contributed by atoms with Gasteiger partial charge in [0.1, 0.15) is 11.6 Å². The summed E-state index contributed by atoms with van der Waals surface area (Å²) in [6.45, 7) is 7.17. The summed E-state index contributed by atoms with van der Waals surface area (Å²) in [5.74, 6) is -0.391. The van der Waals surface area contributed by atoms with Gasteiger partial charge in [0.2, 0.25) is 11.5 Å². The zero-order valence-electron chi connectivity index (χ0n) is 20.6. The Labute approximate surface area is 203 Å². The quantitative estimate of drug-likeness (QED) is 0.399. The molecule has 35 heavy (non-hydrogen) atoms. The third-order valence-corrected chi connectivity index (χ3v) is 5.73. The number of aromatic nitrogens is 2. The van der Waals surface area contributed by atoms with Gasteiger partial charge in [0.05, 0.1) is 5.52 Å². The van der Waals surface area contributed by atoms with Crippen LogP contribution in [0.1, 0.15) is 31.9 Å². The van der Waals surface area contributed by atoms with Gasteiger partial charge in [-0.15, -0.1) is 0 Å². The number of aryl methyl sites for hydroxylation is 2. The maximum Gasteiger partial charge on any atom is 0.408 e. The van der Waals surface area contributed by atoms with Crippen LogP contribution < -0.4 is 16.2 Å². The molecule has 2 aromatic carbocycles. The third-order valence-electron chi connectivity index (χ3n) is 5.73. The Bertz CT molecular complexity index is 1480. The fourth-order valence-electron chi connectivity index (χ4n) is 4.21. The number of H-pyrrole nitrogens is 1. The fraction of sp³-hybridized carbons (Fsp3) is 0.296. The molecule has 0 bridgehead atoms. The number of pyridine rings is 1. The third kappa shape index (κ3) is 5.54. The van der Waals surface area contributed by atoms with Crippen LogP contribution in [0.2, 0.25) is 0 Å². The van der Waals surface area contributed by atoms with Gasteiger partial charge in [-0.25, -0.2) is 4.79 Å². The van der Waals surface area contributed by atoms with E-state index in [-0.39, 0.29) is 12.0 Å². The van der Waals surface area contributed by atoms with Gasteiger partial charge in [-0.05, 0) is 57.0 Å². The molecule has 8 heteroatoms. The molecular formula is C27H30N4O4. The molecule has 182 valence electrons. The van der Waals surface area contributed by atoms with Gasteiger partial charge >= 0.3 is 6.09 Å². The topological polar surface area (TPSA) is 105 Å². The molecule has 0 fully saturated rings. The molecule has 4 rings (SSSR count). The predicted molar refractivity (Wildman–Crippen MR) is 138 cm³/mol. The van der Waals surface area contributed by atoms with E-state index in [1.54, 1.807) is 32.9 Å². The van der Waals surface area contributed by atoms with Crippen molar-refractivity contribution in [2.45, 2.75) is 45.8 Å². The lowest BCUT2D eigenvalue weighted by Gasteiger charge is -2.23. The average Bonchev–Trinajstić information content (AvgIpc) is 3.07. The number of para-hydroxylation sites is 1.